The Bertz CT molecular complexity index is 1100. The van der Waals surface area contributed by atoms with Crippen LogP contribution in [0.4, 0.5) is 10.3 Å². The van der Waals surface area contributed by atoms with Gasteiger partial charge in [-0.3, -0.25) is 14.9 Å². The minimum atomic E-state index is -1.01. The lowest BCUT2D eigenvalue weighted by Gasteiger charge is -2.34. The Morgan fingerprint density at radius 3 is 2.93 bits per heavy atom. The number of carbonyl (C=O) groups excluding carboxylic acids is 2. The lowest BCUT2D eigenvalue weighted by atomic mass is 9.86. The van der Waals surface area contributed by atoms with Crippen LogP contribution in [0.3, 0.4) is 0 Å². The Morgan fingerprint density at radius 2 is 2.18 bits per heavy atom. The predicted octanol–water partition coefficient (Wildman–Crippen LogP) is 2.57. The Morgan fingerprint density at radius 1 is 1.36 bits per heavy atom. The summed E-state index contributed by atoms with van der Waals surface area (Å²) in [6.07, 6.45) is 1.06. The number of alkyl halides is 1. The Labute approximate surface area is 167 Å². The van der Waals surface area contributed by atoms with Crippen molar-refractivity contribution in [2.75, 3.05) is 18.4 Å². The largest absolute Gasteiger partial charge is 0.328 e. The zero-order valence-corrected chi connectivity index (χ0v) is 16.2. The monoisotopic (exact) mass is 443 g/mol. The molecule has 1 fully saturated rings. The molecule has 5 rings (SSSR count). The van der Waals surface area contributed by atoms with Crippen LogP contribution in [-0.4, -0.2) is 50.6 Å². The van der Waals surface area contributed by atoms with Crippen LogP contribution in [0.15, 0.2) is 47.1 Å². The molecule has 1 aromatic carbocycles. The van der Waals surface area contributed by atoms with Gasteiger partial charge in [-0.2, -0.15) is 4.98 Å². The minimum Gasteiger partial charge on any atom is -0.328 e. The van der Waals surface area contributed by atoms with Gasteiger partial charge < -0.3 is 4.90 Å². The van der Waals surface area contributed by atoms with Crippen molar-refractivity contribution in [2.45, 2.75) is 18.0 Å². The second-order valence-electron chi connectivity index (χ2n) is 7.17. The van der Waals surface area contributed by atoms with Crippen LogP contribution in [0.2, 0.25) is 0 Å². The Balaban J connectivity index is 1.37. The van der Waals surface area contributed by atoms with E-state index in [0.717, 1.165) is 10.0 Å². The van der Waals surface area contributed by atoms with Gasteiger partial charge in [0.15, 0.2) is 5.65 Å². The second kappa shape index (κ2) is 6.10. The van der Waals surface area contributed by atoms with Gasteiger partial charge in [0, 0.05) is 28.2 Å². The number of hydrogen-bond donors (Lipinski definition) is 1. The summed E-state index contributed by atoms with van der Waals surface area (Å²) in [5, 5.41) is 6.78. The number of nitrogens with zero attached hydrogens (tertiary/aromatic N) is 4. The zero-order chi connectivity index (χ0) is 19.5. The van der Waals surface area contributed by atoms with Crippen LogP contribution in [0.1, 0.15) is 22.3 Å². The van der Waals surface area contributed by atoms with Gasteiger partial charge in [0.2, 0.25) is 11.9 Å². The SMILES string of the molecule is O=C(CN1C[C@]2(C[C@@H]2F)c2cc(Br)ccc2C1=O)Nc1nc2ccccn2n1. The number of anilines is 1. The maximum absolute atomic E-state index is 14.3. The Kier molecular flexibility index (Phi) is 3.77. The molecule has 2 aliphatic rings. The van der Waals surface area contributed by atoms with Crippen LogP contribution < -0.4 is 5.32 Å². The molecule has 1 aliphatic heterocycles. The van der Waals surface area contributed by atoms with Crippen molar-refractivity contribution < 1.29 is 14.0 Å². The summed E-state index contributed by atoms with van der Waals surface area (Å²) in [6.45, 7) is 0.000821. The molecule has 0 saturated heterocycles. The molecular weight excluding hydrogens is 429 g/mol. The van der Waals surface area contributed by atoms with Crippen molar-refractivity contribution in [1.29, 1.82) is 0 Å². The smallest absolute Gasteiger partial charge is 0.254 e. The van der Waals surface area contributed by atoms with E-state index in [4.69, 9.17) is 0 Å². The van der Waals surface area contributed by atoms with E-state index in [9.17, 15) is 14.0 Å². The summed E-state index contributed by atoms with van der Waals surface area (Å²) >= 11 is 3.39. The fourth-order valence-corrected chi connectivity index (χ4v) is 4.20. The second-order valence-corrected chi connectivity index (χ2v) is 8.08. The fraction of sp³-hybridized carbons (Fsp3) is 0.263. The quantitative estimate of drug-likeness (QED) is 0.674. The lowest BCUT2D eigenvalue weighted by Crippen LogP contribution is -2.47. The molecule has 1 spiro atoms. The highest BCUT2D eigenvalue weighted by Gasteiger charge is 2.61. The molecule has 0 unspecified atom stereocenters. The molecule has 1 aliphatic carbocycles. The number of nitrogens with one attached hydrogen (secondary N) is 1. The first kappa shape index (κ1) is 17.3. The average Bonchev–Trinajstić information content (AvgIpc) is 3.12. The van der Waals surface area contributed by atoms with Crippen LogP contribution in [0.25, 0.3) is 5.65 Å². The molecule has 0 radical (unpaired) electrons. The third kappa shape index (κ3) is 2.69. The summed E-state index contributed by atoms with van der Waals surface area (Å²) in [6, 6.07) is 10.6. The number of carbonyl (C=O) groups is 2. The summed E-state index contributed by atoms with van der Waals surface area (Å²) in [4.78, 5) is 31.0. The van der Waals surface area contributed by atoms with Gasteiger partial charge in [0.05, 0.1) is 0 Å². The van der Waals surface area contributed by atoms with E-state index in [0.29, 0.717) is 17.6 Å². The third-order valence-corrected chi connectivity index (χ3v) is 5.81. The van der Waals surface area contributed by atoms with E-state index in [-0.39, 0.29) is 24.9 Å². The first-order valence-corrected chi connectivity index (χ1v) is 9.60. The molecule has 9 heteroatoms. The van der Waals surface area contributed by atoms with Gasteiger partial charge in [0.1, 0.15) is 12.7 Å². The van der Waals surface area contributed by atoms with Crippen molar-refractivity contribution in [2.24, 2.45) is 0 Å². The molecule has 2 atom stereocenters. The van der Waals surface area contributed by atoms with E-state index in [1.807, 2.05) is 12.1 Å². The molecule has 7 nitrogen and oxygen atoms in total. The molecule has 2 amide bonds. The molecule has 2 aromatic heterocycles. The van der Waals surface area contributed by atoms with E-state index in [1.165, 1.54) is 4.90 Å². The standard InChI is InChI=1S/C19H15BrFN5O2/c20-11-4-5-12-13(7-11)19(8-14(19)21)10-25(17(12)28)9-16(27)23-18-22-15-3-1-2-6-26(15)24-18/h1-7,14H,8-10H2,(H,23,24,27)/t14-,19+/m0/s1. The van der Waals surface area contributed by atoms with E-state index in [2.05, 4.69) is 31.3 Å². The maximum Gasteiger partial charge on any atom is 0.254 e. The summed E-state index contributed by atoms with van der Waals surface area (Å²) < 4.78 is 16.6. The highest BCUT2D eigenvalue weighted by molar-refractivity contribution is 9.10. The van der Waals surface area contributed by atoms with Crippen molar-refractivity contribution in [3.63, 3.8) is 0 Å². The number of aromatic nitrogens is 3. The van der Waals surface area contributed by atoms with Crippen LogP contribution in [-0.2, 0) is 10.2 Å². The number of benzene rings is 1. The van der Waals surface area contributed by atoms with Crippen molar-refractivity contribution in [3.8, 4) is 0 Å². The molecule has 0 bridgehead atoms. The van der Waals surface area contributed by atoms with Crippen LogP contribution in [0, 0.1) is 0 Å². The zero-order valence-electron chi connectivity index (χ0n) is 14.6. The molecule has 3 aromatic rings. The molecule has 1 N–H and O–H groups in total. The van der Waals surface area contributed by atoms with Gasteiger partial charge >= 0.3 is 0 Å². The fourth-order valence-electron chi connectivity index (χ4n) is 3.84. The summed E-state index contributed by atoms with van der Waals surface area (Å²) in [5.41, 5.74) is 1.06. The Hall–Kier alpha value is -2.81. The number of fused-ring (bicyclic) bond motifs is 3. The summed E-state index contributed by atoms with van der Waals surface area (Å²) in [7, 11) is 0. The van der Waals surface area contributed by atoms with Crippen molar-refractivity contribution in [3.05, 3.63) is 58.2 Å². The van der Waals surface area contributed by atoms with Gasteiger partial charge in [-0.05, 0) is 42.3 Å². The molecule has 142 valence electrons. The molecular formula is C19H15BrFN5O2. The number of hydrogen-bond acceptors (Lipinski definition) is 4. The maximum atomic E-state index is 14.3. The predicted molar refractivity (Wildman–Crippen MR) is 103 cm³/mol. The van der Waals surface area contributed by atoms with Gasteiger partial charge in [-0.25, -0.2) is 8.91 Å². The van der Waals surface area contributed by atoms with E-state index < -0.39 is 17.5 Å². The van der Waals surface area contributed by atoms with Gasteiger partial charge in [-0.1, -0.05) is 22.0 Å². The number of pyridine rings is 1. The van der Waals surface area contributed by atoms with Crippen LogP contribution in [0.5, 0.6) is 0 Å². The third-order valence-electron chi connectivity index (χ3n) is 5.32. The lowest BCUT2D eigenvalue weighted by molar-refractivity contribution is -0.117. The van der Waals surface area contributed by atoms with Gasteiger partial charge in [-0.15, -0.1) is 5.10 Å². The highest BCUT2D eigenvalue weighted by atomic mass is 79.9. The number of amides is 2. The normalized spacial score (nSPS) is 23.1. The first-order valence-electron chi connectivity index (χ1n) is 8.81. The number of halogens is 2. The van der Waals surface area contributed by atoms with Crippen molar-refractivity contribution >= 4 is 39.3 Å². The molecule has 28 heavy (non-hydrogen) atoms. The van der Waals surface area contributed by atoms with Gasteiger partial charge in [0.25, 0.3) is 5.91 Å². The topological polar surface area (TPSA) is 79.6 Å². The summed E-state index contributed by atoms with van der Waals surface area (Å²) in [5.74, 6) is -0.532. The van der Waals surface area contributed by atoms with E-state index in [1.54, 1.807) is 35.0 Å². The van der Waals surface area contributed by atoms with Crippen molar-refractivity contribution in [1.82, 2.24) is 19.5 Å². The van der Waals surface area contributed by atoms with Crippen LogP contribution >= 0.6 is 15.9 Å². The average molecular weight is 444 g/mol. The molecule has 3 heterocycles. The molecule has 1 saturated carbocycles. The first-order chi connectivity index (χ1) is 13.5. The highest BCUT2D eigenvalue weighted by Crippen LogP contribution is 2.54. The minimum absolute atomic E-state index is 0.162. The number of rotatable bonds is 3. The van der Waals surface area contributed by atoms with E-state index >= 15 is 0 Å².